The van der Waals surface area contributed by atoms with E-state index in [9.17, 15) is 0 Å². The molecule has 2 N–H and O–H groups in total. The van der Waals surface area contributed by atoms with Crippen LogP contribution in [-0.2, 0) is 20.0 Å². The van der Waals surface area contributed by atoms with E-state index in [1.165, 1.54) is 11.1 Å². The fraction of sp³-hybridized carbons (Fsp3) is 0.357. The Kier molecular flexibility index (Phi) is 3.02. The second-order valence-electron chi connectivity index (χ2n) is 4.83. The molecule has 0 radical (unpaired) electrons. The van der Waals surface area contributed by atoms with E-state index >= 15 is 0 Å². The summed E-state index contributed by atoms with van der Waals surface area (Å²) >= 11 is 0. The highest BCUT2D eigenvalue weighted by molar-refractivity contribution is 5.38. The van der Waals surface area contributed by atoms with E-state index in [0.717, 1.165) is 25.2 Å². The zero-order valence-electron chi connectivity index (χ0n) is 10.6. The van der Waals surface area contributed by atoms with Crippen LogP contribution in [0, 0.1) is 0 Å². The highest BCUT2D eigenvalue weighted by Crippen LogP contribution is 2.16. The molecule has 94 valence electrons. The Morgan fingerprint density at radius 3 is 3.00 bits per heavy atom. The lowest BCUT2D eigenvalue weighted by molar-refractivity contribution is 0.497. The fourth-order valence-corrected chi connectivity index (χ4v) is 2.42. The van der Waals surface area contributed by atoms with E-state index in [4.69, 9.17) is 0 Å². The van der Waals surface area contributed by atoms with Gasteiger partial charge in [0.15, 0.2) is 0 Å². The number of aromatic nitrogens is 2. The fourth-order valence-electron chi connectivity index (χ4n) is 2.42. The average molecular weight is 242 g/mol. The average Bonchev–Trinajstić information content (AvgIpc) is 2.82. The van der Waals surface area contributed by atoms with Crippen LogP contribution in [0.5, 0.6) is 0 Å². The molecule has 0 aliphatic carbocycles. The van der Waals surface area contributed by atoms with Crippen LogP contribution in [-0.4, -0.2) is 22.4 Å². The molecule has 1 aromatic heterocycles. The molecule has 0 saturated carbocycles. The summed E-state index contributed by atoms with van der Waals surface area (Å²) in [6.07, 6.45) is 4.94. The van der Waals surface area contributed by atoms with Crippen molar-refractivity contribution in [3.8, 4) is 0 Å². The molecule has 4 heteroatoms. The lowest BCUT2D eigenvalue weighted by Crippen LogP contribution is -2.40. The van der Waals surface area contributed by atoms with E-state index in [1.54, 1.807) is 0 Å². The second-order valence-corrected chi connectivity index (χ2v) is 4.83. The van der Waals surface area contributed by atoms with Gasteiger partial charge in [0, 0.05) is 32.4 Å². The molecule has 3 rings (SSSR count). The van der Waals surface area contributed by atoms with Crippen LogP contribution in [0.3, 0.4) is 0 Å². The van der Waals surface area contributed by atoms with Crippen LogP contribution in [0.25, 0.3) is 0 Å². The molecule has 4 nitrogen and oxygen atoms in total. The largest absolute Gasteiger partial charge is 0.381 e. The standard InChI is InChI=1S/C14H18N4/c1-18-10-14(9-17-18)16-8-13-6-11-4-2-3-5-12(11)7-15-13/h2-5,9-10,13,15-16H,6-8H2,1H3. The summed E-state index contributed by atoms with van der Waals surface area (Å²) in [5.74, 6) is 0. The van der Waals surface area contributed by atoms with Gasteiger partial charge in [0.05, 0.1) is 11.9 Å². The summed E-state index contributed by atoms with van der Waals surface area (Å²) in [6.45, 7) is 1.90. The Labute approximate surface area is 107 Å². The quantitative estimate of drug-likeness (QED) is 0.858. The topological polar surface area (TPSA) is 41.9 Å². The number of fused-ring (bicyclic) bond motifs is 1. The first kappa shape index (κ1) is 11.3. The summed E-state index contributed by atoms with van der Waals surface area (Å²) in [5, 5.41) is 11.1. The minimum atomic E-state index is 0.486. The molecule has 2 aromatic rings. The predicted molar refractivity (Wildman–Crippen MR) is 72.5 cm³/mol. The molecular weight excluding hydrogens is 224 g/mol. The third kappa shape index (κ3) is 2.38. The third-order valence-electron chi connectivity index (χ3n) is 3.42. The summed E-state index contributed by atoms with van der Waals surface area (Å²) in [7, 11) is 1.93. The van der Waals surface area contributed by atoms with Gasteiger partial charge < -0.3 is 10.6 Å². The lowest BCUT2D eigenvalue weighted by atomic mass is 9.96. The highest BCUT2D eigenvalue weighted by Gasteiger charge is 2.16. The molecule has 1 aliphatic rings. The Hall–Kier alpha value is -1.81. The highest BCUT2D eigenvalue weighted by atomic mass is 15.3. The van der Waals surface area contributed by atoms with Gasteiger partial charge in [-0.2, -0.15) is 5.10 Å². The minimum Gasteiger partial charge on any atom is -0.381 e. The van der Waals surface area contributed by atoms with E-state index < -0.39 is 0 Å². The molecule has 1 atom stereocenters. The summed E-state index contributed by atoms with van der Waals surface area (Å²) < 4.78 is 1.81. The Morgan fingerprint density at radius 2 is 2.22 bits per heavy atom. The molecule has 0 spiro atoms. The maximum Gasteiger partial charge on any atom is 0.0726 e. The SMILES string of the molecule is Cn1cc(NCC2Cc3ccccc3CN2)cn1. The number of aryl methyl sites for hydroxylation is 1. The molecule has 1 unspecified atom stereocenters. The summed E-state index contributed by atoms with van der Waals surface area (Å²) in [4.78, 5) is 0. The van der Waals surface area contributed by atoms with E-state index in [1.807, 2.05) is 24.1 Å². The minimum absolute atomic E-state index is 0.486. The molecule has 0 amide bonds. The maximum atomic E-state index is 4.15. The van der Waals surface area contributed by atoms with E-state index in [2.05, 4.69) is 40.0 Å². The Balaban J connectivity index is 1.59. The van der Waals surface area contributed by atoms with Crippen LogP contribution in [0.1, 0.15) is 11.1 Å². The van der Waals surface area contributed by atoms with Crippen molar-refractivity contribution in [1.82, 2.24) is 15.1 Å². The molecule has 1 aromatic carbocycles. The first-order valence-corrected chi connectivity index (χ1v) is 6.34. The third-order valence-corrected chi connectivity index (χ3v) is 3.42. The van der Waals surface area contributed by atoms with Crippen molar-refractivity contribution < 1.29 is 0 Å². The maximum absolute atomic E-state index is 4.15. The Bertz CT molecular complexity index is 532. The van der Waals surface area contributed by atoms with Gasteiger partial charge >= 0.3 is 0 Å². The molecule has 1 aliphatic heterocycles. The predicted octanol–water partition coefficient (Wildman–Crippen LogP) is 1.55. The lowest BCUT2D eigenvalue weighted by Gasteiger charge is -2.26. The monoisotopic (exact) mass is 242 g/mol. The number of nitrogens with one attached hydrogen (secondary N) is 2. The van der Waals surface area contributed by atoms with Gasteiger partial charge in [-0.3, -0.25) is 4.68 Å². The van der Waals surface area contributed by atoms with Gasteiger partial charge in [-0.05, 0) is 17.5 Å². The number of nitrogens with zero attached hydrogens (tertiary/aromatic N) is 2. The zero-order chi connectivity index (χ0) is 12.4. The van der Waals surface area contributed by atoms with Gasteiger partial charge in [0.1, 0.15) is 0 Å². The van der Waals surface area contributed by atoms with Crippen LogP contribution >= 0.6 is 0 Å². The van der Waals surface area contributed by atoms with Crippen molar-refractivity contribution in [3.63, 3.8) is 0 Å². The van der Waals surface area contributed by atoms with Crippen molar-refractivity contribution in [2.45, 2.75) is 19.0 Å². The van der Waals surface area contributed by atoms with Gasteiger partial charge in [0.2, 0.25) is 0 Å². The van der Waals surface area contributed by atoms with Gasteiger partial charge in [-0.1, -0.05) is 24.3 Å². The summed E-state index contributed by atoms with van der Waals surface area (Å²) in [6, 6.07) is 9.14. The molecule has 0 fully saturated rings. The molecule has 0 bridgehead atoms. The molecular formula is C14H18N4. The van der Waals surface area contributed by atoms with Crippen molar-refractivity contribution in [2.75, 3.05) is 11.9 Å². The van der Waals surface area contributed by atoms with Gasteiger partial charge in [-0.25, -0.2) is 0 Å². The van der Waals surface area contributed by atoms with Crippen LogP contribution in [0.15, 0.2) is 36.7 Å². The van der Waals surface area contributed by atoms with Crippen LogP contribution in [0.4, 0.5) is 5.69 Å². The van der Waals surface area contributed by atoms with Gasteiger partial charge in [0.25, 0.3) is 0 Å². The zero-order valence-corrected chi connectivity index (χ0v) is 10.6. The number of hydrogen-bond acceptors (Lipinski definition) is 3. The first-order valence-electron chi connectivity index (χ1n) is 6.34. The van der Waals surface area contributed by atoms with E-state index in [-0.39, 0.29) is 0 Å². The number of benzene rings is 1. The normalized spacial score (nSPS) is 18.4. The van der Waals surface area contributed by atoms with Gasteiger partial charge in [-0.15, -0.1) is 0 Å². The number of rotatable bonds is 3. The van der Waals surface area contributed by atoms with Crippen molar-refractivity contribution in [2.24, 2.45) is 7.05 Å². The molecule has 0 saturated heterocycles. The van der Waals surface area contributed by atoms with Crippen LogP contribution < -0.4 is 10.6 Å². The molecule has 18 heavy (non-hydrogen) atoms. The van der Waals surface area contributed by atoms with Crippen LogP contribution in [0.2, 0.25) is 0 Å². The van der Waals surface area contributed by atoms with E-state index in [0.29, 0.717) is 6.04 Å². The smallest absolute Gasteiger partial charge is 0.0726 e. The second kappa shape index (κ2) is 4.82. The first-order chi connectivity index (χ1) is 8.81. The number of hydrogen-bond donors (Lipinski definition) is 2. The van der Waals surface area contributed by atoms with Crippen molar-refractivity contribution in [1.29, 1.82) is 0 Å². The molecule has 2 heterocycles. The summed E-state index contributed by atoms with van der Waals surface area (Å²) in [5.41, 5.74) is 3.97. The van der Waals surface area contributed by atoms with Crippen molar-refractivity contribution >= 4 is 5.69 Å². The Morgan fingerprint density at radius 1 is 1.39 bits per heavy atom. The number of anilines is 1. The van der Waals surface area contributed by atoms with Crippen molar-refractivity contribution in [3.05, 3.63) is 47.8 Å².